The minimum atomic E-state index is -0.0147. The van der Waals surface area contributed by atoms with Crippen molar-refractivity contribution in [2.24, 2.45) is 0 Å². The average molecular weight is 442 g/mol. The molecule has 2 aromatic carbocycles. The van der Waals surface area contributed by atoms with Crippen molar-refractivity contribution in [1.82, 2.24) is 15.1 Å². The van der Waals surface area contributed by atoms with Crippen molar-refractivity contribution < 1.29 is 14.2 Å². The van der Waals surface area contributed by atoms with Gasteiger partial charge in [-0.05, 0) is 42.3 Å². The van der Waals surface area contributed by atoms with Crippen LogP contribution in [0.1, 0.15) is 23.1 Å². The lowest BCUT2D eigenvalue weighted by Crippen LogP contribution is -2.39. The second-order valence-corrected chi connectivity index (χ2v) is 8.01. The van der Waals surface area contributed by atoms with Gasteiger partial charge < -0.3 is 14.2 Å². The van der Waals surface area contributed by atoms with Crippen LogP contribution in [0.4, 0.5) is 0 Å². The van der Waals surface area contributed by atoms with Crippen LogP contribution in [0, 0.1) is 0 Å². The van der Waals surface area contributed by atoms with Crippen LogP contribution in [0.3, 0.4) is 0 Å². The number of rotatable bonds is 9. The lowest BCUT2D eigenvalue weighted by atomic mass is 10.1. The second-order valence-electron chi connectivity index (χ2n) is 7.61. The molecule has 1 saturated heterocycles. The largest absolute Gasteiger partial charge is 0.497 e. The Kier molecular flexibility index (Phi) is 7.46. The molecule has 1 aromatic heterocycles. The fourth-order valence-corrected chi connectivity index (χ4v) is 3.86. The van der Waals surface area contributed by atoms with E-state index in [4.69, 9.17) is 25.8 Å². The number of hydrogen-bond donors (Lipinski definition) is 1. The fraction of sp³-hybridized carbons (Fsp3) is 0.375. The molecule has 1 aliphatic rings. The van der Waals surface area contributed by atoms with E-state index in [0.717, 1.165) is 49.6 Å². The zero-order chi connectivity index (χ0) is 21.5. The van der Waals surface area contributed by atoms with Crippen molar-refractivity contribution in [3.63, 3.8) is 0 Å². The normalized spacial score (nSPS) is 16.9. The van der Waals surface area contributed by atoms with Gasteiger partial charge in [-0.1, -0.05) is 35.9 Å². The standard InChI is InChI=1S/C24H28ClN3O3/c1-29-20-8-6-18(7-9-20)10-12-28-13-15-31-24(17-28)22-16-19(26-27-22)11-14-30-23-5-3-2-4-21(23)25/h2-9,16,24H,10-15,17H2,1H3,(H,26,27)/t24-/m0/s1. The first-order chi connectivity index (χ1) is 15.2. The maximum absolute atomic E-state index is 6.13. The number of H-pyrrole nitrogens is 1. The molecule has 4 rings (SSSR count). The van der Waals surface area contributed by atoms with E-state index >= 15 is 0 Å². The first-order valence-corrected chi connectivity index (χ1v) is 11.0. The van der Waals surface area contributed by atoms with Crippen molar-refractivity contribution in [3.05, 3.63) is 76.6 Å². The smallest absolute Gasteiger partial charge is 0.137 e. The molecule has 0 unspecified atom stereocenters. The third-order valence-corrected chi connectivity index (χ3v) is 5.78. The van der Waals surface area contributed by atoms with E-state index < -0.39 is 0 Å². The van der Waals surface area contributed by atoms with Gasteiger partial charge in [-0.15, -0.1) is 0 Å². The Bertz CT molecular complexity index is 961. The summed E-state index contributed by atoms with van der Waals surface area (Å²) in [5, 5.41) is 8.22. The Labute approximate surface area is 188 Å². The number of aromatic amines is 1. The highest BCUT2D eigenvalue weighted by atomic mass is 35.5. The van der Waals surface area contributed by atoms with E-state index in [1.54, 1.807) is 7.11 Å². The van der Waals surface area contributed by atoms with Crippen LogP contribution < -0.4 is 9.47 Å². The Balaban J connectivity index is 1.25. The highest BCUT2D eigenvalue weighted by molar-refractivity contribution is 6.32. The molecule has 0 spiro atoms. The summed E-state index contributed by atoms with van der Waals surface area (Å²) in [5.41, 5.74) is 3.28. The highest BCUT2D eigenvalue weighted by Gasteiger charge is 2.24. The van der Waals surface area contributed by atoms with Gasteiger partial charge in [0.05, 0.1) is 31.0 Å². The van der Waals surface area contributed by atoms with Gasteiger partial charge in [0.25, 0.3) is 0 Å². The maximum atomic E-state index is 6.13. The van der Waals surface area contributed by atoms with E-state index in [-0.39, 0.29) is 6.10 Å². The monoisotopic (exact) mass is 441 g/mol. The van der Waals surface area contributed by atoms with E-state index in [9.17, 15) is 0 Å². The fourth-order valence-electron chi connectivity index (χ4n) is 3.67. The Morgan fingerprint density at radius 3 is 2.81 bits per heavy atom. The van der Waals surface area contributed by atoms with Gasteiger partial charge in [-0.2, -0.15) is 5.10 Å². The topological polar surface area (TPSA) is 59.6 Å². The molecule has 1 fully saturated rings. The van der Waals surface area contributed by atoms with Gasteiger partial charge in [0.1, 0.15) is 17.6 Å². The third-order valence-electron chi connectivity index (χ3n) is 5.47. The summed E-state index contributed by atoms with van der Waals surface area (Å²) in [5.74, 6) is 1.59. The van der Waals surface area contributed by atoms with E-state index in [1.165, 1.54) is 5.56 Å². The number of halogens is 1. The molecule has 2 heterocycles. The van der Waals surface area contributed by atoms with Crippen molar-refractivity contribution in [2.75, 3.05) is 40.0 Å². The molecule has 0 bridgehead atoms. The third kappa shape index (κ3) is 6.00. The van der Waals surface area contributed by atoms with Gasteiger partial charge in [0.2, 0.25) is 0 Å². The highest BCUT2D eigenvalue weighted by Crippen LogP contribution is 2.24. The number of nitrogens with zero attached hydrogens (tertiary/aromatic N) is 2. The molecular formula is C24H28ClN3O3. The molecule has 164 valence electrons. The van der Waals surface area contributed by atoms with E-state index in [0.29, 0.717) is 24.0 Å². The molecule has 1 atom stereocenters. The SMILES string of the molecule is COc1ccc(CCN2CCO[C@H](c3cc(CCOc4ccccc4Cl)[nH]n3)C2)cc1. The molecule has 1 aliphatic heterocycles. The van der Waals surface area contributed by atoms with Crippen LogP contribution in [0.5, 0.6) is 11.5 Å². The van der Waals surface area contributed by atoms with Crippen LogP contribution in [0.2, 0.25) is 5.02 Å². The zero-order valence-electron chi connectivity index (χ0n) is 17.7. The number of nitrogens with one attached hydrogen (secondary N) is 1. The molecule has 6 nitrogen and oxygen atoms in total. The van der Waals surface area contributed by atoms with Gasteiger partial charge in [-0.25, -0.2) is 0 Å². The maximum Gasteiger partial charge on any atom is 0.137 e. The molecule has 0 aliphatic carbocycles. The zero-order valence-corrected chi connectivity index (χ0v) is 18.5. The molecule has 1 N–H and O–H groups in total. The van der Waals surface area contributed by atoms with E-state index in [2.05, 4.69) is 33.3 Å². The van der Waals surface area contributed by atoms with Gasteiger partial charge >= 0.3 is 0 Å². The molecule has 0 saturated carbocycles. The summed E-state index contributed by atoms with van der Waals surface area (Å²) in [6, 6.07) is 17.9. The summed E-state index contributed by atoms with van der Waals surface area (Å²) in [4.78, 5) is 2.44. The minimum Gasteiger partial charge on any atom is -0.497 e. The number of methoxy groups -OCH3 is 1. The first kappa shape index (κ1) is 21.7. The number of benzene rings is 2. The predicted octanol–water partition coefficient (Wildman–Crippen LogP) is 4.31. The van der Waals surface area contributed by atoms with Crippen LogP contribution in [-0.2, 0) is 17.6 Å². The quantitative estimate of drug-likeness (QED) is 0.536. The van der Waals surface area contributed by atoms with Gasteiger partial charge in [0.15, 0.2) is 0 Å². The number of morpholine rings is 1. The predicted molar refractivity (Wildman–Crippen MR) is 121 cm³/mol. The summed E-state index contributed by atoms with van der Waals surface area (Å²) in [6.07, 6.45) is 1.72. The van der Waals surface area contributed by atoms with Crippen molar-refractivity contribution in [3.8, 4) is 11.5 Å². The molecule has 31 heavy (non-hydrogen) atoms. The summed E-state index contributed by atoms with van der Waals surface area (Å²) in [7, 11) is 1.69. The van der Waals surface area contributed by atoms with Crippen LogP contribution in [-0.4, -0.2) is 55.1 Å². The van der Waals surface area contributed by atoms with Crippen LogP contribution >= 0.6 is 11.6 Å². The second kappa shape index (κ2) is 10.7. The first-order valence-electron chi connectivity index (χ1n) is 10.6. The average Bonchev–Trinajstić information content (AvgIpc) is 3.28. The molecule has 0 amide bonds. The van der Waals surface area contributed by atoms with Gasteiger partial charge in [-0.3, -0.25) is 10.00 Å². The van der Waals surface area contributed by atoms with Crippen molar-refractivity contribution in [1.29, 1.82) is 0 Å². The number of para-hydroxylation sites is 1. The molecule has 7 heteroatoms. The van der Waals surface area contributed by atoms with Crippen molar-refractivity contribution >= 4 is 11.6 Å². The number of hydrogen-bond acceptors (Lipinski definition) is 5. The van der Waals surface area contributed by atoms with Gasteiger partial charge in [0, 0.05) is 31.7 Å². The Morgan fingerprint density at radius 1 is 1.16 bits per heavy atom. The van der Waals surface area contributed by atoms with Crippen LogP contribution in [0.25, 0.3) is 0 Å². The van der Waals surface area contributed by atoms with Crippen LogP contribution in [0.15, 0.2) is 54.6 Å². The molecular weight excluding hydrogens is 414 g/mol. The van der Waals surface area contributed by atoms with E-state index in [1.807, 2.05) is 36.4 Å². The summed E-state index contributed by atoms with van der Waals surface area (Å²) in [6.45, 7) is 4.03. The summed E-state index contributed by atoms with van der Waals surface area (Å²) >= 11 is 6.13. The minimum absolute atomic E-state index is 0.0147. The molecule has 0 radical (unpaired) electrons. The Morgan fingerprint density at radius 2 is 2.00 bits per heavy atom. The van der Waals surface area contributed by atoms with Crippen molar-refractivity contribution in [2.45, 2.75) is 18.9 Å². The lowest BCUT2D eigenvalue weighted by Gasteiger charge is -2.32. The Hall–Kier alpha value is -2.54. The molecule has 3 aromatic rings. The summed E-state index contributed by atoms with van der Waals surface area (Å²) < 4.78 is 17.0. The lowest BCUT2D eigenvalue weighted by molar-refractivity contribution is -0.0316. The number of ether oxygens (including phenoxy) is 3. The number of aromatic nitrogens is 2.